The third-order valence-electron chi connectivity index (χ3n) is 8.28. The molecular formula is C36H53N3O11. The molecule has 1 atom stereocenters. The van der Waals surface area contributed by atoms with E-state index in [0.29, 0.717) is 65.7 Å². The van der Waals surface area contributed by atoms with Crippen molar-refractivity contribution in [2.45, 2.75) is 96.4 Å². The first kappa shape index (κ1) is 40.7. The molecule has 0 bridgehead atoms. The molecule has 0 aliphatic carbocycles. The van der Waals surface area contributed by atoms with Crippen LogP contribution in [0.3, 0.4) is 0 Å². The molecule has 0 aromatic heterocycles. The molecule has 2 heterocycles. The molecule has 3 rings (SSSR count). The van der Waals surface area contributed by atoms with E-state index < -0.39 is 29.7 Å². The smallest absolute Gasteiger partial charge is 0.305 e. The predicted molar refractivity (Wildman–Crippen MR) is 182 cm³/mol. The summed E-state index contributed by atoms with van der Waals surface area (Å²) >= 11 is 0. The number of hydrogen-bond acceptors (Lipinski definition) is 11. The quantitative estimate of drug-likeness (QED) is 0.0771. The van der Waals surface area contributed by atoms with Gasteiger partial charge >= 0.3 is 5.97 Å². The lowest BCUT2D eigenvalue weighted by atomic mass is 10.0. The number of nitrogens with zero attached hydrogens (tertiary/aromatic N) is 1. The zero-order chi connectivity index (χ0) is 36.0. The molecule has 5 amide bonds. The molecule has 1 saturated heterocycles. The first-order chi connectivity index (χ1) is 24.3. The number of hydrogen-bond donors (Lipinski definition) is 2. The average molecular weight is 704 g/mol. The Bertz CT molecular complexity index is 1270. The molecule has 14 heteroatoms. The van der Waals surface area contributed by atoms with Crippen molar-refractivity contribution in [2.75, 3.05) is 64.8 Å². The summed E-state index contributed by atoms with van der Waals surface area (Å²) in [6.07, 6.45) is 9.74. The number of nitrogens with one attached hydrogen (secondary N) is 2. The Morgan fingerprint density at radius 1 is 0.740 bits per heavy atom. The van der Waals surface area contributed by atoms with Crippen LogP contribution in [0.15, 0.2) is 18.2 Å². The Kier molecular flexibility index (Phi) is 19.2. The molecule has 0 radical (unpaired) electrons. The van der Waals surface area contributed by atoms with Gasteiger partial charge in [-0.2, -0.15) is 0 Å². The van der Waals surface area contributed by atoms with Crippen LogP contribution in [0.1, 0.15) is 111 Å². The molecule has 1 aromatic rings. The monoisotopic (exact) mass is 703 g/mol. The summed E-state index contributed by atoms with van der Waals surface area (Å²) in [5.74, 6) is -2.88. The Morgan fingerprint density at radius 3 is 2.02 bits per heavy atom. The Labute approximate surface area is 294 Å². The van der Waals surface area contributed by atoms with Gasteiger partial charge in [0.15, 0.2) is 0 Å². The van der Waals surface area contributed by atoms with Crippen molar-refractivity contribution in [3.8, 4) is 0 Å². The number of amides is 5. The lowest BCUT2D eigenvalue weighted by Gasteiger charge is -2.27. The molecule has 1 unspecified atom stereocenters. The number of carbonyl (C=O) groups excluding carboxylic acids is 6. The van der Waals surface area contributed by atoms with E-state index in [1.807, 2.05) is 0 Å². The minimum Gasteiger partial charge on any atom is -0.463 e. The van der Waals surface area contributed by atoms with Crippen LogP contribution >= 0.6 is 0 Å². The molecular weight excluding hydrogens is 650 g/mol. The highest BCUT2D eigenvalue weighted by Gasteiger charge is 2.45. The van der Waals surface area contributed by atoms with E-state index in [2.05, 4.69) is 17.6 Å². The van der Waals surface area contributed by atoms with Gasteiger partial charge in [0.2, 0.25) is 17.7 Å². The lowest BCUT2D eigenvalue weighted by Crippen LogP contribution is -2.54. The van der Waals surface area contributed by atoms with Crippen LogP contribution in [-0.4, -0.2) is 106 Å². The Morgan fingerprint density at radius 2 is 1.34 bits per heavy atom. The molecule has 278 valence electrons. The van der Waals surface area contributed by atoms with Crippen molar-refractivity contribution in [2.24, 2.45) is 0 Å². The van der Waals surface area contributed by atoms with E-state index in [4.69, 9.17) is 23.7 Å². The van der Waals surface area contributed by atoms with Crippen molar-refractivity contribution in [1.29, 1.82) is 0 Å². The van der Waals surface area contributed by atoms with Crippen molar-refractivity contribution >= 4 is 41.2 Å². The Balaban J connectivity index is 1.12. The van der Waals surface area contributed by atoms with Gasteiger partial charge in [0.25, 0.3) is 11.8 Å². The number of piperidine rings is 1. The minimum absolute atomic E-state index is 0.0300. The van der Waals surface area contributed by atoms with Gasteiger partial charge in [-0.05, 0) is 37.8 Å². The number of unbranched alkanes of at least 4 members (excludes halogenated alkanes) is 7. The maximum Gasteiger partial charge on any atom is 0.305 e. The summed E-state index contributed by atoms with van der Waals surface area (Å²) in [6.45, 7) is 5.93. The van der Waals surface area contributed by atoms with E-state index in [1.54, 1.807) is 12.1 Å². The number of benzene rings is 1. The van der Waals surface area contributed by atoms with E-state index in [9.17, 15) is 28.8 Å². The van der Waals surface area contributed by atoms with E-state index >= 15 is 0 Å². The van der Waals surface area contributed by atoms with Crippen molar-refractivity contribution in [3.63, 3.8) is 0 Å². The van der Waals surface area contributed by atoms with Gasteiger partial charge in [0, 0.05) is 25.9 Å². The highest BCUT2D eigenvalue weighted by Crippen LogP contribution is 2.32. The molecule has 50 heavy (non-hydrogen) atoms. The van der Waals surface area contributed by atoms with Crippen LogP contribution in [0.25, 0.3) is 0 Å². The maximum absolute atomic E-state index is 13.2. The minimum atomic E-state index is -1.07. The largest absolute Gasteiger partial charge is 0.463 e. The molecule has 14 nitrogen and oxygen atoms in total. The van der Waals surface area contributed by atoms with Gasteiger partial charge < -0.3 is 29.0 Å². The second-order valence-corrected chi connectivity index (χ2v) is 12.2. The van der Waals surface area contributed by atoms with Crippen molar-refractivity contribution < 1.29 is 52.5 Å². The van der Waals surface area contributed by atoms with Gasteiger partial charge in [0.05, 0.1) is 63.1 Å². The number of rotatable bonds is 27. The summed E-state index contributed by atoms with van der Waals surface area (Å²) in [4.78, 5) is 75.1. The first-order valence-electron chi connectivity index (χ1n) is 17.9. The topological polar surface area (TPSA) is 176 Å². The number of esters is 1. The van der Waals surface area contributed by atoms with Crippen LogP contribution in [0.5, 0.6) is 0 Å². The summed E-state index contributed by atoms with van der Waals surface area (Å²) in [7, 11) is 0. The molecule has 0 spiro atoms. The van der Waals surface area contributed by atoms with Gasteiger partial charge in [-0.15, -0.1) is 0 Å². The first-order valence-corrected chi connectivity index (χ1v) is 17.9. The zero-order valence-corrected chi connectivity index (χ0v) is 29.3. The van der Waals surface area contributed by atoms with Gasteiger partial charge in [0.1, 0.15) is 12.6 Å². The maximum atomic E-state index is 13.2. The third kappa shape index (κ3) is 14.3. The number of fused-ring (bicyclic) bond motifs is 1. The fourth-order valence-corrected chi connectivity index (χ4v) is 5.60. The normalized spacial score (nSPS) is 15.7. The molecule has 1 fully saturated rings. The fraction of sp³-hybridized carbons (Fsp3) is 0.667. The van der Waals surface area contributed by atoms with Crippen LogP contribution < -0.4 is 10.6 Å². The van der Waals surface area contributed by atoms with Crippen LogP contribution in [0, 0.1) is 0 Å². The van der Waals surface area contributed by atoms with E-state index in [1.165, 1.54) is 31.7 Å². The average Bonchev–Trinajstić information content (AvgIpc) is 3.35. The van der Waals surface area contributed by atoms with Gasteiger partial charge in [-0.1, -0.05) is 51.5 Å². The molecule has 1 aromatic carbocycles. The molecule has 2 N–H and O–H groups in total. The fourth-order valence-electron chi connectivity index (χ4n) is 5.60. The van der Waals surface area contributed by atoms with Crippen molar-refractivity contribution in [3.05, 3.63) is 29.3 Å². The van der Waals surface area contributed by atoms with Crippen molar-refractivity contribution in [1.82, 2.24) is 10.2 Å². The van der Waals surface area contributed by atoms with E-state index in [-0.39, 0.29) is 54.6 Å². The number of imide groups is 2. The standard InChI is InChI=1S/C36H53N3O11/c1-2-3-4-5-6-9-15-32(42)50-26-25-49-24-23-48-22-21-47-20-19-46-18-10-7-8-14-30(40)37-28-13-11-12-27-33(28)36(45)39(35(27)44)29-16-17-31(41)38-34(29)43/h11-13,29H,2-10,14-26H2,1H3,(H,37,40)(H,38,41,43). The summed E-state index contributed by atoms with van der Waals surface area (Å²) < 4.78 is 27.1. The summed E-state index contributed by atoms with van der Waals surface area (Å²) in [5, 5.41) is 4.90. The van der Waals surface area contributed by atoms with Crippen LogP contribution in [0.4, 0.5) is 5.69 Å². The highest BCUT2D eigenvalue weighted by molar-refractivity contribution is 6.26. The molecule has 2 aliphatic heterocycles. The second-order valence-electron chi connectivity index (χ2n) is 12.2. The highest BCUT2D eigenvalue weighted by atomic mass is 16.6. The molecule has 2 aliphatic rings. The Hall–Kier alpha value is -3.72. The number of anilines is 1. The zero-order valence-electron chi connectivity index (χ0n) is 29.3. The summed E-state index contributed by atoms with van der Waals surface area (Å²) in [5.41, 5.74) is 0.384. The van der Waals surface area contributed by atoms with Gasteiger partial charge in [-0.3, -0.25) is 39.0 Å². The van der Waals surface area contributed by atoms with Crippen LogP contribution in [0.2, 0.25) is 0 Å². The lowest BCUT2D eigenvalue weighted by molar-refractivity contribution is -0.145. The van der Waals surface area contributed by atoms with E-state index in [0.717, 1.165) is 30.6 Å². The second kappa shape index (κ2) is 23.6. The third-order valence-corrected chi connectivity index (χ3v) is 8.28. The molecule has 0 saturated carbocycles. The predicted octanol–water partition coefficient (Wildman–Crippen LogP) is 3.95. The van der Waals surface area contributed by atoms with Crippen LogP contribution in [-0.2, 0) is 42.9 Å². The summed E-state index contributed by atoms with van der Waals surface area (Å²) in [6, 6.07) is 3.53. The number of carbonyl (C=O) groups is 6. The number of ether oxygens (including phenoxy) is 5. The SMILES string of the molecule is CCCCCCCCC(=O)OCCOCCOCCOCCOCCCCCC(=O)Nc1cccc2c1C(=O)N(C1CCC(=O)NC1=O)C2=O. The van der Waals surface area contributed by atoms with Gasteiger partial charge in [-0.25, -0.2) is 0 Å².